The molecule has 0 radical (unpaired) electrons. The van der Waals surface area contributed by atoms with Gasteiger partial charge in [0, 0.05) is 15.8 Å². The smallest absolute Gasteiger partial charge is 0.160 e. The molecule has 0 spiro atoms. The van der Waals surface area contributed by atoms with E-state index in [0.717, 1.165) is 5.69 Å². The highest BCUT2D eigenvalue weighted by molar-refractivity contribution is 7.12. The van der Waals surface area contributed by atoms with Gasteiger partial charge in [-0.25, -0.2) is 4.63 Å². The van der Waals surface area contributed by atoms with E-state index in [0.29, 0.717) is 16.7 Å². The molecule has 1 atom stereocenters. The summed E-state index contributed by atoms with van der Waals surface area (Å²) < 4.78 is 4.78. The molecule has 0 amide bonds. The Balaban J connectivity index is 1.95. The highest BCUT2D eigenvalue weighted by Crippen LogP contribution is 2.31. The zero-order valence-corrected chi connectivity index (χ0v) is 12.4. The number of hydrogen-bond acceptors (Lipinski definition) is 6. The van der Waals surface area contributed by atoms with Crippen molar-refractivity contribution in [3.63, 3.8) is 0 Å². The molecule has 6 heteroatoms. The number of nitrogen functional groups attached to an aromatic ring is 1. The first-order valence-electron chi connectivity index (χ1n) is 6.40. The molecule has 3 aromatic rings. The van der Waals surface area contributed by atoms with E-state index in [1.807, 2.05) is 23.5 Å². The molecule has 104 valence electrons. The molecule has 0 aliphatic heterocycles. The summed E-state index contributed by atoms with van der Waals surface area (Å²) in [5.74, 6) is 0. The predicted octanol–water partition coefficient (Wildman–Crippen LogP) is 3.66. The van der Waals surface area contributed by atoms with E-state index in [9.17, 15) is 0 Å². The second kappa shape index (κ2) is 4.79. The minimum Gasteiger partial charge on any atom is -0.397 e. The fourth-order valence-electron chi connectivity index (χ4n) is 2.39. The summed E-state index contributed by atoms with van der Waals surface area (Å²) in [4.78, 5) is 2.64. The molecule has 5 nitrogen and oxygen atoms in total. The van der Waals surface area contributed by atoms with E-state index in [-0.39, 0.29) is 6.04 Å². The molecule has 20 heavy (non-hydrogen) atoms. The monoisotopic (exact) mass is 288 g/mol. The van der Waals surface area contributed by atoms with Gasteiger partial charge in [0.25, 0.3) is 0 Å². The minimum atomic E-state index is 0.184. The fourth-order valence-corrected chi connectivity index (χ4v) is 3.42. The molecule has 1 aromatic carbocycles. The summed E-state index contributed by atoms with van der Waals surface area (Å²) in [6.07, 6.45) is 0. The third-order valence-corrected chi connectivity index (χ3v) is 4.35. The molecule has 2 heterocycles. The van der Waals surface area contributed by atoms with Crippen LogP contribution in [0.4, 0.5) is 11.4 Å². The highest BCUT2D eigenvalue weighted by atomic mass is 32.1. The van der Waals surface area contributed by atoms with Gasteiger partial charge < -0.3 is 11.1 Å². The van der Waals surface area contributed by atoms with Gasteiger partial charge in [-0.2, -0.15) is 0 Å². The number of thiophene rings is 1. The van der Waals surface area contributed by atoms with Gasteiger partial charge in [-0.3, -0.25) is 0 Å². The largest absolute Gasteiger partial charge is 0.397 e. The molecule has 0 saturated heterocycles. The first-order chi connectivity index (χ1) is 9.56. The summed E-state index contributed by atoms with van der Waals surface area (Å²) in [7, 11) is 0. The summed E-state index contributed by atoms with van der Waals surface area (Å²) in [6.45, 7) is 6.39. The van der Waals surface area contributed by atoms with Gasteiger partial charge in [0.2, 0.25) is 0 Å². The van der Waals surface area contributed by atoms with Crippen molar-refractivity contribution in [1.29, 1.82) is 0 Å². The molecule has 2 aromatic heterocycles. The van der Waals surface area contributed by atoms with Crippen LogP contribution in [-0.2, 0) is 0 Å². The maximum atomic E-state index is 5.85. The number of aryl methyl sites for hydroxylation is 2. The van der Waals surface area contributed by atoms with E-state index in [4.69, 9.17) is 10.4 Å². The minimum absolute atomic E-state index is 0.184. The van der Waals surface area contributed by atoms with Crippen LogP contribution >= 0.6 is 11.3 Å². The summed E-state index contributed by atoms with van der Waals surface area (Å²) in [5, 5.41) is 11.2. The number of aromatic nitrogens is 2. The van der Waals surface area contributed by atoms with Crippen molar-refractivity contribution in [2.24, 2.45) is 0 Å². The Labute approximate surface area is 120 Å². The van der Waals surface area contributed by atoms with Crippen LogP contribution in [-0.4, -0.2) is 10.3 Å². The molecule has 0 bridgehead atoms. The van der Waals surface area contributed by atoms with Crippen LogP contribution in [0, 0.1) is 13.8 Å². The average Bonchev–Trinajstić information content (AvgIpc) is 3.00. The molecule has 3 rings (SSSR count). The van der Waals surface area contributed by atoms with Crippen LogP contribution in [0.5, 0.6) is 0 Å². The van der Waals surface area contributed by atoms with Gasteiger partial charge >= 0.3 is 0 Å². The summed E-state index contributed by atoms with van der Waals surface area (Å²) in [6, 6.07) is 6.12. The Morgan fingerprint density at radius 1 is 1.25 bits per heavy atom. The molecule has 0 saturated carbocycles. The zero-order valence-electron chi connectivity index (χ0n) is 11.6. The van der Waals surface area contributed by atoms with Crippen LogP contribution in [0.25, 0.3) is 11.0 Å². The normalized spacial score (nSPS) is 12.8. The van der Waals surface area contributed by atoms with E-state index >= 15 is 0 Å². The summed E-state index contributed by atoms with van der Waals surface area (Å²) in [5.41, 5.74) is 9.87. The fraction of sp³-hybridized carbons (Fsp3) is 0.286. The number of nitrogens with one attached hydrogen (secondary N) is 1. The first kappa shape index (κ1) is 12.9. The lowest BCUT2D eigenvalue weighted by Crippen LogP contribution is -2.07. The Morgan fingerprint density at radius 2 is 2.00 bits per heavy atom. The number of rotatable bonds is 3. The molecule has 0 aliphatic rings. The molecule has 0 fully saturated rings. The van der Waals surface area contributed by atoms with Crippen LogP contribution < -0.4 is 11.1 Å². The molecule has 1 unspecified atom stereocenters. The van der Waals surface area contributed by atoms with Crippen molar-refractivity contribution >= 4 is 33.7 Å². The first-order valence-corrected chi connectivity index (χ1v) is 7.22. The zero-order chi connectivity index (χ0) is 14.3. The highest BCUT2D eigenvalue weighted by Gasteiger charge is 2.15. The molecular weight excluding hydrogens is 272 g/mol. The number of fused-ring (bicyclic) bond motifs is 1. The molecule has 3 N–H and O–H groups in total. The Morgan fingerprint density at radius 3 is 2.70 bits per heavy atom. The average molecular weight is 288 g/mol. The standard InChI is InChI=1S/C14H16N4OS/c1-7-6-10(9(3)20-7)8(2)16-12-5-4-11(15)13-14(12)18-19-17-13/h4-6,8,16H,15H2,1-3H3. The van der Waals surface area contributed by atoms with Crippen molar-refractivity contribution in [2.75, 3.05) is 11.1 Å². The number of hydrogen-bond donors (Lipinski definition) is 2. The van der Waals surface area contributed by atoms with Crippen molar-refractivity contribution in [1.82, 2.24) is 10.3 Å². The van der Waals surface area contributed by atoms with Crippen molar-refractivity contribution < 1.29 is 4.63 Å². The SMILES string of the molecule is Cc1cc(C(C)Nc2ccc(N)c3nonc23)c(C)s1. The Hall–Kier alpha value is -2.08. The third kappa shape index (κ3) is 2.12. The number of benzene rings is 1. The second-order valence-corrected chi connectivity index (χ2v) is 6.36. The van der Waals surface area contributed by atoms with Gasteiger partial charge in [0.05, 0.1) is 11.4 Å². The third-order valence-electron chi connectivity index (χ3n) is 3.36. The Kier molecular flexibility index (Phi) is 3.10. The van der Waals surface area contributed by atoms with Crippen molar-refractivity contribution in [2.45, 2.75) is 26.8 Å². The van der Waals surface area contributed by atoms with E-state index in [2.05, 4.69) is 42.5 Å². The number of nitrogens with two attached hydrogens (primary N) is 1. The van der Waals surface area contributed by atoms with Gasteiger partial charge in [-0.05, 0) is 54.8 Å². The Bertz CT molecular complexity index is 762. The van der Waals surface area contributed by atoms with Crippen LogP contribution in [0.3, 0.4) is 0 Å². The van der Waals surface area contributed by atoms with Crippen molar-refractivity contribution in [3.05, 3.63) is 33.5 Å². The molecular formula is C14H16N4OS. The van der Waals surface area contributed by atoms with Gasteiger partial charge in [0.15, 0.2) is 11.0 Å². The van der Waals surface area contributed by atoms with Crippen LogP contribution in [0.2, 0.25) is 0 Å². The maximum Gasteiger partial charge on any atom is 0.160 e. The molecule has 0 aliphatic carbocycles. The lowest BCUT2D eigenvalue weighted by atomic mass is 10.1. The van der Waals surface area contributed by atoms with Gasteiger partial charge in [-0.15, -0.1) is 11.3 Å². The summed E-state index contributed by atoms with van der Waals surface area (Å²) >= 11 is 1.81. The van der Waals surface area contributed by atoms with Gasteiger partial charge in [-0.1, -0.05) is 0 Å². The lowest BCUT2D eigenvalue weighted by molar-refractivity contribution is 0.315. The second-order valence-electron chi connectivity index (χ2n) is 4.90. The number of anilines is 2. The van der Waals surface area contributed by atoms with Crippen LogP contribution in [0.1, 0.15) is 28.3 Å². The van der Waals surface area contributed by atoms with E-state index in [1.54, 1.807) is 0 Å². The van der Waals surface area contributed by atoms with Gasteiger partial charge in [0.1, 0.15) is 0 Å². The predicted molar refractivity (Wildman–Crippen MR) is 82.0 cm³/mol. The van der Waals surface area contributed by atoms with Crippen LogP contribution in [0.15, 0.2) is 22.8 Å². The lowest BCUT2D eigenvalue weighted by Gasteiger charge is -2.15. The topological polar surface area (TPSA) is 77.0 Å². The number of nitrogens with zero attached hydrogens (tertiary/aromatic N) is 2. The van der Waals surface area contributed by atoms with E-state index < -0.39 is 0 Å². The van der Waals surface area contributed by atoms with Crippen molar-refractivity contribution in [3.8, 4) is 0 Å². The maximum absolute atomic E-state index is 5.85. The van der Waals surface area contributed by atoms with E-state index in [1.165, 1.54) is 15.3 Å². The quantitative estimate of drug-likeness (QED) is 0.719.